The fourth-order valence-corrected chi connectivity index (χ4v) is 0.971. The second-order valence-electron chi connectivity index (χ2n) is 4.47. The van der Waals surface area contributed by atoms with E-state index in [1.165, 1.54) is 0 Å². The van der Waals surface area contributed by atoms with Crippen molar-refractivity contribution in [3.8, 4) is 0 Å². The number of aliphatic hydroxyl groups excluding tert-OH is 1. The number of carbonyl (C=O) groups excluding carboxylic acids is 1. The van der Waals surface area contributed by atoms with E-state index in [1.807, 2.05) is 0 Å². The molecule has 0 aliphatic rings. The Hall–Kier alpha value is -0.810. The van der Waals surface area contributed by atoms with Crippen molar-refractivity contribution in [3.05, 3.63) is 0 Å². The third kappa shape index (κ3) is 9.49. The number of hydrogen-bond donors (Lipinski definition) is 3. The van der Waals surface area contributed by atoms with Gasteiger partial charge in [0, 0.05) is 6.54 Å². The average molecular weight is 218 g/mol. The number of aliphatic hydroxyl groups is 1. The lowest BCUT2D eigenvalue weighted by Gasteiger charge is -2.20. The Morgan fingerprint density at radius 2 is 2.13 bits per heavy atom. The molecule has 0 radical (unpaired) electrons. The summed E-state index contributed by atoms with van der Waals surface area (Å²) in [5.41, 5.74) is 4.79. The first kappa shape index (κ1) is 14.2. The monoisotopic (exact) mass is 218 g/mol. The highest BCUT2D eigenvalue weighted by atomic mass is 16.6. The Balaban J connectivity index is 3.62. The summed E-state index contributed by atoms with van der Waals surface area (Å²) in [6.07, 6.45) is 0.277. The molecule has 0 rings (SSSR count). The van der Waals surface area contributed by atoms with Gasteiger partial charge in [-0.15, -0.1) is 0 Å². The van der Waals surface area contributed by atoms with Crippen LogP contribution in [0.4, 0.5) is 4.79 Å². The van der Waals surface area contributed by atoms with Crippen LogP contribution in [-0.2, 0) is 4.74 Å². The van der Waals surface area contributed by atoms with Gasteiger partial charge < -0.3 is 20.9 Å². The standard InChI is InChI=1S/C10H22N2O3/c1-10(2,3)15-9(14)12-7-8(13)5-4-6-11/h8,13H,4-7,11H2,1-3H3,(H,12,14). The first-order valence-corrected chi connectivity index (χ1v) is 5.20. The van der Waals surface area contributed by atoms with Crippen LogP contribution in [0.15, 0.2) is 0 Å². The number of amides is 1. The third-order valence-corrected chi connectivity index (χ3v) is 1.62. The summed E-state index contributed by atoms with van der Waals surface area (Å²) >= 11 is 0. The van der Waals surface area contributed by atoms with Crippen molar-refractivity contribution in [1.29, 1.82) is 0 Å². The number of carbonyl (C=O) groups is 1. The molecule has 0 bridgehead atoms. The van der Waals surface area contributed by atoms with Crippen molar-refractivity contribution in [2.24, 2.45) is 5.73 Å². The normalized spacial score (nSPS) is 13.4. The molecule has 0 fully saturated rings. The second-order valence-corrected chi connectivity index (χ2v) is 4.47. The largest absolute Gasteiger partial charge is 0.444 e. The zero-order chi connectivity index (χ0) is 11.9. The molecule has 0 aliphatic carbocycles. The first-order chi connectivity index (χ1) is 6.85. The van der Waals surface area contributed by atoms with Crippen molar-refractivity contribution < 1.29 is 14.6 Å². The molecule has 5 heteroatoms. The quantitative estimate of drug-likeness (QED) is 0.631. The van der Waals surface area contributed by atoms with Crippen LogP contribution in [0, 0.1) is 0 Å². The molecule has 1 amide bonds. The molecule has 0 aromatic rings. The summed E-state index contributed by atoms with van der Waals surface area (Å²) in [4.78, 5) is 11.2. The van der Waals surface area contributed by atoms with Gasteiger partial charge in [0.15, 0.2) is 0 Å². The molecule has 1 atom stereocenters. The Morgan fingerprint density at radius 3 is 2.60 bits per heavy atom. The molecular weight excluding hydrogens is 196 g/mol. The van der Waals surface area contributed by atoms with Gasteiger partial charge in [-0.3, -0.25) is 0 Å². The molecule has 15 heavy (non-hydrogen) atoms. The predicted molar refractivity (Wildman–Crippen MR) is 58.5 cm³/mol. The van der Waals surface area contributed by atoms with Crippen LogP contribution in [0.2, 0.25) is 0 Å². The molecular formula is C10H22N2O3. The molecule has 90 valence electrons. The highest BCUT2D eigenvalue weighted by Gasteiger charge is 2.16. The smallest absolute Gasteiger partial charge is 0.407 e. The van der Waals surface area contributed by atoms with E-state index >= 15 is 0 Å². The number of rotatable bonds is 5. The van der Waals surface area contributed by atoms with E-state index in [4.69, 9.17) is 10.5 Å². The number of nitrogens with two attached hydrogens (primary N) is 1. The minimum Gasteiger partial charge on any atom is -0.444 e. The fraction of sp³-hybridized carbons (Fsp3) is 0.900. The Kier molecular flexibility index (Phi) is 6.27. The van der Waals surface area contributed by atoms with E-state index in [1.54, 1.807) is 20.8 Å². The van der Waals surface area contributed by atoms with Gasteiger partial charge in [-0.2, -0.15) is 0 Å². The maximum absolute atomic E-state index is 11.2. The molecule has 0 heterocycles. The Labute approximate surface area is 91.0 Å². The van der Waals surface area contributed by atoms with Crippen LogP contribution in [-0.4, -0.2) is 36.0 Å². The number of nitrogens with one attached hydrogen (secondary N) is 1. The van der Waals surface area contributed by atoms with E-state index in [9.17, 15) is 9.90 Å². The molecule has 0 saturated carbocycles. The topological polar surface area (TPSA) is 84.6 Å². The van der Waals surface area contributed by atoms with E-state index in [0.29, 0.717) is 13.0 Å². The Morgan fingerprint density at radius 1 is 1.53 bits per heavy atom. The fourth-order valence-electron chi connectivity index (χ4n) is 0.971. The minimum atomic E-state index is -0.555. The summed E-state index contributed by atoms with van der Waals surface area (Å²) in [6, 6.07) is 0. The highest BCUT2D eigenvalue weighted by molar-refractivity contribution is 5.67. The zero-order valence-corrected chi connectivity index (χ0v) is 9.75. The SMILES string of the molecule is CC(C)(C)OC(=O)NCC(O)CCCN. The average Bonchev–Trinajstić information content (AvgIpc) is 2.08. The first-order valence-electron chi connectivity index (χ1n) is 5.20. The van der Waals surface area contributed by atoms with Gasteiger partial charge in [0.1, 0.15) is 5.60 Å². The zero-order valence-electron chi connectivity index (χ0n) is 9.75. The Bertz CT molecular complexity index is 190. The van der Waals surface area contributed by atoms with E-state index in [-0.39, 0.29) is 6.54 Å². The van der Waals surface area contributed by atoms with Crippen LogP contribution >= 0.6 is 0 Å². The maximum Gasteiger partial charge on any atom is 0.407 e. The molecule has 1 unspecified atom stereocenters. The molecule has 5 nitrogen and oxygen atoms in total. The van der Waals surface area contributed by atoms with E-state index in [0.717, 1.165) is 6.42 Å². The van der Waals surface area contributed by atoms with Gasteiger partial charge in [0.05, 0.1) is 6.10 Å². The van der Waals surface area contributed by atoms with Crippen molar-refractivity contribution in [1.82, 2.24) is 5.32 Å². The summed E-state index contributed by atoms with van der Waals surface area (Å²) < 4.78 is 5.01. The van der Waals surface area contributed by atoms with Gasteiger partial charge in [-0.25, -0.2) is 4.79 Å². The van der Waals surface area contributed by atoms with E-state index < -0.39 is 17.8 Å². The lowest BCUT2D eigenvalue weighted by molar-refractivity contribution is 0.0488. The van der Waals surface area contributed by atoms with Gasteiger partial charge in [0.2, 0.25) is 0 Å². The van der Waals surface area contributed by atoms with E-state index in [2.05, 4.69) is 5.32 Å². The van der Waals surface area contributed by atoms with Crippen molar-refractivity contribution in [2.45, 2.75) is 45.3 Å². The van der Waals surface area contributed by atoms with Crippen LogP contribution in [0.5, 0.6) is 0 Å². The molecule has 4 N–H and O–H groups in total. The predicted octanol–water partition coefficient (Wildman–Crippen LogP) is 0.611. The summed E-state index contributed by atoms with van der Waals surface area (Å²) in [6.45, 7) is 6.12. The van der Waals surface area contributed by atoms with Gasteiger partial charge >= 0.3 is 6.09 Å². The van der Waals surface area contributed by atoms with Gasteiger partial charge in [-0.1, -0.05) is 0 Å². The van der Waals surface area contributed by atoms with Gasteiger partial charge in [0.25, 0.3) is 0 Å². The van der Waals surface area contributed by atoms with Crippen molar-refractivity contribution in [2.75, 3.05) is 13.1 Å². The van der Waals surface area contributed by atoms with Crippen molar-refractivity contribution >= 4 is 6.09 Å². The van der Waals surface area contributed by atoms with Crippen LogP contribution < -0.4 is 11.1 Å². The minimum absolute atomic E-state index is 0.203. The maximum atomic E-state index is 11.2. The summed E-state index contributed by atoms with van der Waals surface area (Å²) in [5, 5.41) is 11.9. The second kappa shape index (κ2) is 6.63. The highest BCUT2D eigenvalue weighted by Crippen LogP contribution is 2.06. The lowest BCUT2D eigenvalue weighted by Crippen LogP contribution is -2.37. The van der Waals surface area contributed by atoms with Crippen LogP contribution in [0.3, 0.4) is 0 Å². The molecule has 0 aromatic heterocycles. The third-order valence-electron chi connectivity index (χ3n) is 1.62. The molecule has 0 saturated heterocycles. The molecule has 0 aliphatic heterocycles. The number of hydrogen-bond acceptors (Lipinski definition) is 4. The van der Waals surface area contributed by atoms with Crippen LogP contribution in [0.25, 0.3) is 0 Å². The number of alkyl carbamates (subject to hydrolysis) is 1. The van der Waals surface area contributed by atoms with Gasteiger partial charge in [-0.05, 0) is 40.2 Å². The molecule has 0 aromatic carbocycles. The van der Waals surface area contributed by atoms with Crippen molar-refractivity contribution in [3.63, 3.8) is 0 Å². The summed E-state index contributed by atoms with van der Waals surface area (Å²) in [7, 11) is 0. The van der Waals surface area contributed by atoms with Crippen LogP contribution in [0.1, 0.15) is 33.6 Å². The lowest BCUT2D eigenvalue weighted by atomic mass is 10.2. The molecule has 0 spiro atoms. The summed E-state index contributed by atoms with van der Waals surface area (Å²) in [5.74, 6) is 0. The number of ether oxygens (including phenoxy) is 1.